The summed E-state index contributed by atoms with van der Waals surface area (Å²) in [5, 5.41) is 4.75. The molecule has 0 aliphatic rings. The van der Waals surface area contributed by atoms with E-state index in [4.69, 9.17) is 4.42 Å². The second-order valence-corrected chi connectivity index (χ2v) is 12.9. The van der Waals surface area contributed by atoms with E-state index in [1.54, 1.807) is 0 Å². The molecule has 10 aromatic rings. The van der Waals surface area contributed by atoms with Crippen molar-refractivity contribution >= 4 is 43.7 Å². The highest BCUT2D eigenvalue weighted by Crippen LogP contribution is 2.41. The zero-order chi connectivity index (χ0) is 33.0. The first-order chi connectivity index (χ1) is 24.8. The molecule has 50 heavy (non-hydrogen) atoms. The minimum Gasteiger partial charge on any atom is -0.456 e. The Morgan fingerprint density at radius 1 is 0.320 bits per heavy atom. The van der Waals surface area contributed by atoms with Crippen molar-refractivity contribution in [2.75, 3.05) is 0 Å². The monoisotopic (exact) mass is 637 g/mol. The Morgan fingerprint density at radius 3 is 1.60 bits per heavy atom. The first-order valence-electron chi connectivity index (χ1n) is 17.1. The Kier molecular flexibility index (Phi) is 6.53. The molecule has 8 aromatic carbocycles. The molecule has 2 heterocycles. The van der Waals surface area contributed by atoms with Gasteiger partial charge in [-0.3, -0.25) is 0 Å². The van der Waals surface area contributed by atoms with Crippen molar-refractivity contribution in [3.05, 3.63) is 188 Å². The molecule has 0 bridgehead atoms. The van der Waals surface area contributed by atoms with Crippen molar-refractivity contribution < 1.29 is 4.42 Å². The van der Waals surface area contributed by atoms with Gasteiger partial charge in [0.2, 0.25) is 0 Å². The van der Waals surface area contributed by atoms with Crippen molar-refractivity contribution in [2.24, 2.45) is 0 Å². The van der Waals surface area contributed by atoms with E-state index in [9.17, 15) is 0 Å². The number of hydrogen-bond acceptors (Lipinski definition) is 1. The van der Waals surface area contributed by atoms with Crippen LogP contribution in [0.15, 0.2) is 192 Å². The Hall–Kier alpha value is -6.64. The van der Waals surface area contributed by atoms with Crippen LogP contribution < -0.4 is 0 Å². The van der Waals surface area contributed by atoms with Gasteiger partial charge in [-0.25, -0.2) is 0 Å². The fourth-order valence-corrected chi connectivity index (χ4v) is 7.62. The molecule has 0 saturated heterocycles. The fraction of sp³-hybridized carbons (Fsp3) is 0. The molecule has 10 rings (SSSR count). The van der Waals surface area contributed by atoms with E-state index in [0.29, 0.717) is 0 Å². The largest absolute Gasteiger partial charge is 0.456 e. The highest BCUT2D eigenvalue weighted by atomic mass is 16.3. The third-order valence-electron chi connectivity index (χ3n) is 9.99. The summed E-state index contributed by atoms with van der Waals surface area (Å²) in [7, 11) is 0. The number of fused-ring (bicyclic) bond motifs is 6. The van der Waals surface area contributed by atoms with Crippen LogP contribution in [0.5, 0.6) is 0 Å². The molecule has 0 radical (unpaired) electrons. The van der Waals surface area contributed by atoms with Gasteiger partial charge in [0.1, 0.15) is 11.2 Å². The maximum atomic E-state index is 6.25. The van der Waals surface area contributed by atoms with Gasteiger partial charge < -0.3 is 8.98 Å². The lowest BCUT2D eigenvalue weighted by atomic mass is 9.96. The molecule has 2 aromatic heterocycles. The van der Waals surface area contributed by atoms with Gasteiger partial charge in [-0.1, -0.05) is 140 Å². The molecular formula is C48H31NO. The molecule has 0 aliphatic carbocycles. The molecule has 0 N–H and O–H groups in total. The molecule has 234 valence electrons. The van der Waals surface area contributed by atoms with Gasteiger partial charge >= 0.3 is 0 Å². The number of aromatic nitrogens is 1. The smallest absolute Gasteiger partial charge is 0.136 e. The fourth-order valence-electron chi connectivity index (χ4n) is 7.62. The van der Waals surface area contributed by atoms with E-state index in [1.807, 2.05) is 12.1 Å². The molecular weight excluding hydrogens is 607 g/mol. The molecule has 0 fully saturated rings. The van der Waals surface area contributed by atoms with Crippen LogP contribution in [0.25, 0.3) is 93.9 Å². The average molecular weight is 638 g/mol. The Labute approximate surface area is 290 Å². The Morgan fingerprint density at radius 2 is 0.860 bits per heavy atom. The van der Waals surface area contributed by atoms with Crippen molar-refractivity contribution in [3.8, 4) is 50.2 Å². The van der Waals surface area contributed by atoms with Gasteiger partial charge in [-0.15, -0.1) is 0 Å². The summed E-state index contributed by atoms with van der Waals surface area (Å²) >= 11 is 0. The number of hydrogen-bond donors (Lipinski definition) is 0. The normalized spacial score (nSPS) is 11.6. The lowest BCUT2D eigenvalue weighted by molar-refractivity contribution is 0.669. The Bertz CT molecular complexity index is 2840. The highest BCUT2D eigenvalue weighted by molar-refractivity contribution is 6.15. The molecule has 0 aliphatic heterocycles. The summed E-state index contributed by atoms with van der Waals surface area (Å²) in [6.07, 6.45) is 0. The number of rotatable bonds is 5. The first kappa shape index (κ1) is 28.4. The molecule has 0 atom stereocenters. The van der Waals surface area contributed by atoms with E-state index in [-0.39, 0.29) is 0 Å². The molecule has 0 unspecified atom stereocenters. The second kappa shape index (κ2) is 11.5. The summed E-state index contributed by atoms with van der Waals surface area (Å²) < 4.78 is 8.68. The lowest BCUT2D eigenvalue weighted by Gasteiger charge is -2.14. The summed E-state index contributed by atoms with van der Waals surface area (Å²) in [4.78, 5) is 0. The summed E-state index contributed by atoms with van der Waals surface area (Å²) in [6, 6.07) is 67.5. The van der Waals surface area contributed by atoms with E-state index in [2.05, 4.69) is 180 Å². The van der Waals surface area contributed by atoms with Crippen molar-refractivity contribution in [2.45, 2.75) is 0 Å². The van der Waals surface area contributed by atoms with Gasteiger partial charge in [0.15, 0.2) is 0 Å². The van der Waals surface area contributed by atoms with Gasteiger partial charge in [0.05, 0.1) is 11.0 Å². The van der Waals surface area contributed by atoms with Crippen molar-refractivity contribution in [1.82, 2.24) is 4.57 Å². The van der Waals surface area contributed by atoms with Crippen LogP contribution in [0.4, 0.5) is 0 Å². The number of nitrogens with zero attached hydrogens (tertiary/aromatic N) is 1. The Balaban J connectivity index is 1.18. The van der Waals surface area contributed by atoms with Crippen molar-refractivity contribution in [1.29, 1.82) is 0 Å². The van der Waals surface area contributed by atoms with E-state index in [1.165, 1.54) is 66.3 Å². The van der Waals surface area contributed by atoms with Crippen LogP contribution in [-0.4, -0.2) is 4.57 Å². The standard InChI is InChI=1S/C48H31NO/c1-3-12-32(13-4-1)34-22-24-35(25-23-34)38-28-37(33-14-5-2-6-15-33)29-39(30-38)49-44-19-9-7-16-41(44)43-31-36(26-27-45(43)49)40-18-11-21-47-48(40)42-17-8-10-20-46(42)50-47/h1-31H. The minimum absolute atomic E-state index is 0.910. The first-order valence-corrected chi connectivity index (χ1v) is 17.1. The van der Waals surface area contributed by atoms with Crippen LogP contribution >= 0.6 is 0 Å². The lowest BCUT2D eigenvalue weighted by Crippen LogP contribution is -1.96. The highest BCUT2D eigenvalue weighted by Gasteiger charge is 2.17. The average Bonchev–Trinajstić information content (AvgIpc) is 3.74. The van der Waals surface area contributed by atoms with Crippen LogP contribution in [-0.2, 0) is 0 Å². The number of benzene rings is 8. The van der Waals surface area contributed by atoms with E-state index in [0.717, 1.165) is 27.6 Å². The SMILES string of the molecule is c1ccc(-c2ccc(-c3cc(-c4ccccc4)cc(-n4c5ccccc5c5cc(-c6cccc7oc8ccccc8c67)ccc54)c3)cc2)cc1. The summed E-state index contributed by atoms with van der Waals surface area (Å²) in [5.41, 5.74) is 14.9. The molecule has 2 nitrogen and oxygen atoms in total. The van der Waals surface area contributed by atoms with Gasteiger partial charge in [-0.05, 0) is 93.0 Å². The topological polar surface area (TPSA) is 18.1 Å². The quantitative estimate of drug-likeness (QED) is 0.184. The number of furan rings is 1. The maximum Gasteiger partial charge on any atom is 0.136 e. The molecule has 0 spiro atoms. The van der Waals surface area contributed by atoms with Crippen LogP contribution in [0.2, 0.25) is 0 Å². The van der Waals surface area contributed by atoms with Crippen LogP contribution in [0, 0.1) is 0 Å². The van der Waals surface area contributed by atoms with Crippen LogP contribution in [0.3, 0.4) is 0 Å². The van der Waals surface area contributed by atoms with Crippen LogP contribution in [0.1, 0.15) is 0 Å². The molecule has 0 saturated carbocycles. The van der Waals surface area contributed by atoms with E-state index >= 15 is 0 Å². The third kappa shape index (κ3) is 4.65. The molecule has 0 amide bonds. The number of para-hydroxylation sites is 2. The van der Waals surface area contributed by atoms with Gasteiger partial charge in [-0.2, -0.15) is 0 Å². The summed E-state index contributed by atoms with van der Waals surface area (Å²) in [6.45, 7) is 0. The summed E-state index contributed by atoms with van der Waals surface area (Å²) in [5.74, 6) is 0. The van der Waals surface area contributed by atoms with E-state index < -0.39 is 0 Å². The maximum absolute atomic E-state index is 6.25. The van der Waals surface area contributed by atoms with Crippen molar-refractivity contribution in [3.63, 3.8) is 0 Å². The third-order valence-corrected chi connectivity index (χ3v) is 9.99. The zero-order valence-electron chi connectivity index (χ0n) is 27.3. The second-order valence-electron chi connectivity index (χ2n) is 12.9. The predicted octanol–water partition coefficient (Wildman–Crippen LogP) is 13.4. The van der Waals surface area contributed by atoms with Gasteiger partial charge in [0.25, 0.3) is 0 Å². The van der Waals surface area contributed by atoms with Gasteiger partial charge in [0, 0.05) is 27.2 Å². The minimum atomic E-state index is 0.910. The molecule has 2 heteroatoms. The predicted molar refractivity (Wildman–Crippen MR) is 210 cm³/mol. The zero-order valence-corrected chi connectivity index (χ0v) is 27.3.